The maximum absolute atomic E-state index is 5.89. The van der Waals surface area contributed by atoms with E-state index in [1.807, 2.05) is 12.1 Å². The van der Waals surface area contributed by atoms with Crippen LogP contribution in [-0.2, 0) is 0 Å². The first-order chi connectivity index (χ1) is 10.1. The van der Waals surface area contributed by atoms with Crippen molar-refractivity contribution in [2.24, 2.45) is 5.41 Å². The van der Waals surface area contributed by atoms with Gasteiger partial charge >= 0.3 is 0 Å². The van der Waals surface area contributed by atoms with E-state index in [4.69, 9.17) is 4.42 Å². The van der Waals surface area contributed by atoms with Crippen LogP contribution in [0.15, 0.2) is 46.9 Å². The zero-order chi connectivity index (χ0) is 14.4. The Kier molecular flexibility index (Phi) is 2.75. The quantitative estimate of drug-likeness (QED) is 0.662. The predicted octanol–water partition coefficient (Wildman–Crippen LogP) is 5.58. The Morgan fingerprint density at radius 2 is 1.86 bits per heavy atom. The van der Waals surface area contributed by atoms with Gasteiger partial charge < -0.3 is 9.73 Å². The molecule has 1 unspecified atom stereocenters. The van der Waals surface area contributed by atoms with Gasteiger partial charge in [-0.2, -0.15) is 0 Å². The van der Waals surface area contributed by atoms with Crippen molar-refractivity contribution in [1.29, 1.82) is 0 Å². The molecule has 1 fully saturated rings. The molecule has 1 aliphatic carbocycles. The molecule has 3 aromatic rings. The van der Waals surface area contributed by atoms with Crippen LogP contribution in [0.3, 0.4) is 0 Å². The monoisotopic (exact) mass is 279 g/mol. The fraction of sp³-hybridized carbons (Fsp3) is 0.368. The van der Waals surface area contributed by atoms with Gasteiger partial charge in [0.2, 0.25) is 0 Å². The third-order valence-electron chi connectivity index (χ3n) is 4.97. The summed E-state index contributed by atoms with van der Waals surface area (Å²) in [5.41, 5.74) is 3.51. The summed E-state index contributed by atoms with van der Waals surface area (Å²) >= 11 is 0. The summed E-state index contributed by atoms with van der Waals surface area (Å²) < 4.78 is 5.89. The lowest BCUT2D eigenvalue weighted by molar-refractivity contribution is 0.350. The zero-order valence-electron chi connectivity index (χ0n) is 12.6. The molecule has 0 saturated heterocycles. The van der Waals surface area contributed by atoms with Crippen molar-refractivity contribution in [2.45, 2.75) is 39.2 Å². The molecule has 0 spiro atoms. The van der Waals surface area contributed by atoms with Crippen molar-refractivity contribution in [3.05, 3.63) is 42.5 Å². The summed E-state index contributed by atoms with van der Waals surface area (Å²) in [5, 5.41) is 6.13. The Hall–Kier alpha value is -1.96. The number of benzene rings is 2. The zero-order valence-corrected chi connectivity index (χ0v) is 12.6. The number of rotatable bonds is 2. The summed E-state index contributed by atoms with van der Waals surface area (Å²) in [6.45, 7) is 4.73. The van der Waals surface area contributed by atoms with Gasteiger partial charge in [-0.05, 0) is 42.5 Å². The van der Waals surface area contributed by atoms with Crippen LogP contribution in [0.25, 0.3) is 21.9 Å². The van der Waals surface area contributed by atoms with Crippen LogP contribution in [0.4, 0.5) is 5.69 Å². The molecular formula is C19H21NO. The van der Waals surface area contributed by atoms with Crippen molar-refractivity contribution in [2.75, 3.05) is 5.32 Å². The second kappa shape index (κ2) is 4.52. The minimum atomic E-state index is 0.382. The number of hydrogen-bond acceptors (Lipinski definition) is 2. The van der Waals surface area contributed by atoms with Crippen LogP contribution in [0.2, 0.25) is 0 Å². The normalized spacial score (nSPS) is 21.1. The van der Waals surface area contributed by atoms with Crippen LogP contribution in [-0.4, -0.2) is 6.04 Å². The molecule has 21 heavy (non-hydrogen) atoms. The molecule has 2 nitrogen and oxygen atoms in total. The Labute approximate surface area is 125 Å². The van der Waals surface area contributed by atoms with Gasteiger partial charge in [-0.1, -0.05) is 38.5 Å². The van der Waals surface area contributed by atoms with Crippen molar-refractivity contribution in [3.8, 4) is 0 Å². The van der Waals surface area contributed by atoms with Gasteiger partial charge in [0, 0.05) is 22.5 Å². The standard InChI is InChI=1S/C19H21NO/c1-19(2)11-5-8-18(19)20-13-9-10-17-15(12-13)14-6-3-4-7-16(14)21-17/h3-4,6-7,9-10,12,18,20H,5,8,11H2,1-2H3. The summed E-state index contributed by atoms with van der Waals surface area (Å²) in [6.07, 6.45) is 3.89. The first-order valence-corrected chi connectivity index (χ1v) is 7.81. The molecule has 2 heteroatoms. The van der Waals surface area contributed by atoms with E-state index in [0.717, 1.165) is 11.2 Å². The Balaban J connectivity index is 1.75. The SMILES string of the molecule is CC1(C)CCCC1Nc1ccc2oc3ccccc3c2c1. The highest BCUT2D eigenvalue weighted by molar-refractivity contribution is 6.05. The van der Waals surface area contributed by atoms with Crippen LogP contribution in [0.5, 0.6) is 0 Å². The number of hydrogen-bond donors (Lipinski definition) is 1. The fourth-order valence-electron chi connectivity index (χ4n) is 3.61. The molecule has 2 aromatic carbocycles. The van der Waals surface area contributed by atoms with Crippen molar-refractivity contribution in [3.63, 3.8) is 0 Å². The van der Waals surface area contributed by atoms with Gasteiger partial charge in [-0.3, -0.25) is 0 Å². The largest absolute Gasteiger partial charge is 0.456 e. The molecule has 1 atom stereocenters. The molecule has 0 aliphatic heterocycles. The Bertz CT molecular complexity index is 800. The predicted molar refractivity (Wildman–Crippen MR) is 88.8 cm³/mol. The van der Waals surface area contributed by atoms with E-state index in [1.54, 1.807) is 0 Å². The van der Waals surface area contributed by atoms with E-state index in [2.05, 4.69) is 49.5 Å². The van der Waals surface area contributed by atoms with Gasteiger partial charge in [0.15, 0.2) is 0 Å². The van der Waals surface area contributed by atoms with Crippen LogP contribution >= 0.6 is 0 Å². The van der Waals surface area contributed by atoms with Gasteiger partial charge in [-0.25, -0.2) is 0 Å². The number of furan rings is 1. The van der Waals surface area contributed by atoms with Crippen molar-refractivity contribution >= 4 is 27.6 Å². The highest BCUT2D eigenvalue weighted by Crippen LogP contribution is 2.39. The lowest BCUT2D eigenvalue weighted by Crippen LogP contribution is -2.30. The van der Waals surface area contributed by atoms with Crippen LogP contribution < -0.4 is 5.32 Å². The highest BCUT2D eigenvalue weighted by atomic mass is 16.3. The molecule has 0 radical (unpaired) electrons. The molecule has 1 N–H and O–H groups in total. The summed E-state index contributed by atoms with van der Waals surface area (Å²) in [6, 6.07) is 15.3. The highest BCUT2D eigenvalue weighted by Gasteiger charge is 2.34. The number of anilines is 1. The topological polar surface area (TPSA) is 25.2 Å². The molecule has 0 amide bonds. The summed E-state index contributed by atoms with van der Waals surface area (Å²) in [4.78, 5) is 0. The minimum absolute atomic E-state index is 0.382. The van der Waals surface area contributed by atoms with E-state index in [1.165, 1.54) is 35.7 Å². The summed E-state index contributed by atoms with van der Waals surface area (Å²) in [7, 11) is 0. The molecule has 1 heterocycles. The minimum Gasteiger partial charge on any atom is -0.456 e. The lowest BCUT2D eigenvalue weighted by Gasteiger charge is -2.28. The third-order valence-corrected chi connectivity index (χ3v) is 4.97. The summed E-state index contributed by atoms with van der Waals surface area (Å²) in [5.74, 6) is 0. The van der Waals surface area contributed by atoms with E-state index >= 15 is 0 Å². The molecule has 1 aromatic heterocycles. The lowest BCUT2D eigenvalue weighted by atomic mass is 9.87. The van der Waals surface area contributed by atoms with Gasteiger partial charge in [0.25, 0.3) is 0 Å². The van der Waals surface area contributed by atoms with Crippen LogP contribution in [0.1, 0.15) is 33.1 Å². The van der Waals surface area contributed by atoms with E-state index in [-0.39, 0.29) is 0 Å². The molecule has 1 saturated carbocycles. The second-order valence-electron chi connectivity index (χ2n) is 6.89. The maximum Gasteiger partial charge on any atom is 0.135 e. The van der Waals surface area contributed by atoms with Crippen LogP contribution in [0, 0.1) is 5.41 Å². The third kappa shape index (κ3) is 2.10. The Morgan fingerprint density at radius 3 is 2.67 bits per heavy atom. The number of para-hydroxylation sites is 1. The number of fused-ring (bicyclic) bond motifs is 3. The molecule has 4 rings (SSSR count). The van der Waals surface area contributed by atoms with Gasteiger partial charge in [-0.15, -0.1) is 0 Å². The molecule has 0 bridgehead atoms. The molecule has 1 aliphatic rings. The molecule has 108 valence electrons. The second-order valence-corrected chi connectivity index (χ2v) is 6.89. The van der Waals surface area contributed by atoms with E-state index < -0.39 is 0 Å². The van der Waals surface area contributed by atoms with E-state index in [9.17, 15) is 0 Å². The average molecular weight is 279 g/mol. The van der Waals surface area contributed by atoms with Gasteiger partial charge in [0.1, 0.15) is 11.2 Å². The first kappa shape index (κ1) is 12.8. The fourth-order valence-corrected chi connectivity index (χ4v) is 3.61. The Morgan fingerprint density at radius 1 is 1.05 bits per heavy atom. The van der Waals surface area contributed by atoms with E-state index in [0.29, 0.717) is 11.5 Å². The smallest absolute Gasteiger partial charge is 0.135 e. The van der Waals surface area contributed by atoms with Gasteiger partial charge in [0.05, 0.1) is 0 Å². The van der Waals surface area contributed by atoms with Crippen molar-refractivity contribution in [1.82, 2.24) is 0 Å². The molecular weight excluding hydrogens is 258 g/mol. The average Bonchev–Trinajstić information content (AvgIpc) is 2.99. The van der Waals surface area contributed by atoms with Crippen molar-refractivity contribution < 1.29 is 4.42 Å². The first-order valence-electron chi connectivity index (χ1n) is 7.81. The number of nitrogens with one attached hydrogen (secondary N) is 1. The maximum atomic E-state index is 5.89.